The van der Waals surface area contributed by atoms with Crippen LogP contribution in [0.15, 0.2) is 24.3 Å². The van der Waals surface area contributed by atoms with Crippen LogP contribution < -0.4 is 10.4 Å². The van der Waals surface area contributed by atoms with Crippen molar-refractivity contribution in [2.75, 3.05) is 6.54 Å². The third-order valence-electron chi connectivity index (χ3n) is 5.62. The minimum Gasteiger partial charge on any atom is -0.548 e. The van der Waals surface area contributed by atoms with Crippen molar-refractivity contribution in [2.24, 2.45) is 5.92 Å². The van der Waals surface area contributed by atoms with Gasteiger partial charge in [0.15, 0.2) is 0 Å². The molecule has 2 heterocycles. The summed E-state index contributed by atoms with van der Waals surface area (Å²) in [6.45, 7) is 3.83. The first kappa shape index (κ1) is 19.9. The predicted molar refractivity (Wildman–Crippen MR) is 97.6 cm³/mol. The SMILES string of the molecule is CC[C@H](C)[C@H](NC(=O)CCN1C(=O)[C@@H]2Cc3ccccc3CN2C1=O)C(=O)[O-]. The molecule has 1 N–H and O–H groups in total. The van der Waals surface area contributed by atoms with Gasteiger partial charge in [-0.25, -0.2) is 4.79 Å². The fourth-order valence-corrected chi connectivity index (χ4v) is 3.71. The molecule has 0 unspecified atom stereocenters. The third kappa shape index (κ3) is 3.72. The third-order valence-corrected chi connectivity index (χ3v) is 5.62. The van der Waals surface area contributed by atoms with E-state index >= 15 is 0 Å². The molecule has 8 nitrogen and oxygen atoms in total. The number of amides is 4. The Bertz CT molecular complexity index is 766. The van der Waals surface area contributed by atoms with Gasteiger partial charge in [-0.1, -0.05) is 44.5 Å². The zero-order chi connectivity index (χ0) is 20.4. The summed E-state index contributed by atoms with van der Waals surface area (Å²) in [7, 11) is 0. The molecular formula is C20H24N3O5-. The molecule has 3 rings (SSSR count). The van der Waals surface area contributed by atoms with Gasteiger partial charge < -0.3 is 20.1 Å². The number of carbonyl (C=O) groups excluding carboxylic acids is 4. The van der Waals surface area contributed by atoms with Gasteiger partial charge in [0, 0.05) is 25.9 Å². The normalized spacial score (nSPS) is 20.4. The monoisotopic (exact) mass is 386 g/mol. The second kappa shape index (κ2) is 8.00. The number of hydrogen-bond donors (Lipinski definition) is 1. The van der Waals surface area contributed by atoms with E-state index in [-0.39, 0.29) is 24.8 Å². The molecule has 2 aliphatic heterocycles. The van der Waals surface area contributed by atoms with Crippen LogP contribution in [-0.2, 0) is 27.3 Å². The minimum absolute atomic E-state index is 0.0763. The maximum absolute atomic E-state index is 12.7. The summed E-state index contributed by atoms with van der Waals surface area (Å²) in [5.41, 5.74) is 2.07. The summed E-state index contributed by atoms with van der Waals surface area (Å²) in [5.74, 6) is -2.46. The molecule has 0 spiro atoms. The van der Waals surface area contributed by atoms with Crippen LogP contribution >= 0.6 is 0 Å². The standard InChI is InChI=1S/C20H25N3O5/c1-3-12(2)17(19(26)27)21-16(24)8-9-22-18(25)15-10-13-6-4-5-7-14(13)11-23(15)20(22)28/h4-7,12,15,17H,3,8-11H2,1-2H3,(H,21,24)(H,26,27)/p-1/t12-,15-,17-/m0/s1. The summed E-state index contributed by atoms with van der Waals surface area (Å²) in [4.78, 5) is 51.4. The zero-order valence-corrected chi connectivity index (χ0v) is 16.0. The number of hydrogen-bond acceptors (Lipinski definition) is 5. The molecule has 1 fully saturated rings. The van der Waals surface area contributed by atoms with Crippen LogP contribution in [-0.4, -0.2) is 52.2 Å². The van der Waals surface area contributed by atoms with Gasteiger partial charge in [-0.2, -0.15) is 0 Å². The molecule has 2 aliphatic rings. The molecule has 0 radical (unpaired) electrons. The number of aliphatic carboxylic acids is 1. The maximum Gasteiger partial charge on any atom is 0.327 e. The Hall–Kier alpha value is -2.90. The Morgan fingerprint density at radius 3 is 2.57 bits per heavy atom. The lowest BCUT2D eigenvalue weighted by molar-refractivity contribution is -0.309. The number of nitrogens with one attached hydrogen (secondary N) is 1. The summed E-state index contributed by atoms with van der Waals surface area (Å²) in [6, 6.07) is 5.65. The first-order chi connectivity index (χ1) is 13.3. The first-order valence-electron chi connectivity index (χ1n) is 9.52. The highest BCUT2D eigenvalue weighted by Gasteiger charge is 2.46. The fourth-order valence-electron chi connectivity index (χ4n) is 3.71. The smallest absolute Gasteiger partial charge is 0.327 e. The van der Waals surface area contributed by atoms with E-state index in [0.717, 1.165) is 16.0 Å². The second-order valence-electron chi connectivity index (χ2n) is 7.39. The number of nitrogens with zero attached hydrogens (tertiary/aromatic N) is 2. The van der Waals surface area contributed by atoms with E-state index in [1.807, 2.05) is 31.2 Å². The number of carboxylic acids is 1. The van der Waals surface area contributed by atoms with Crippen LogP contribution in [0.25, 0.3) is 0 Å². The van der Waals surface area contributed by atoms with Crippen molar-refractivity contribution in [1.82, 2.24) is 15.1 Å². The Labute approximate surface area is 163 Å². The van der Waals surface area contributed by atoms with Crippen molar-refractivity contribution in [3.8, 4) is 0 Å². The van der Waals surface area contributed by atoms with Gasteiger partial charge in [-0.15, -0.1) is 0 Å². The number of carboxylic acid groups (broad SMARTS) is 1. The van der Waals surface area contributed by atoms with Crippen LogP contribution in [0.3, 0.4) is 0 Å². The summed E-state index contributed by atoms with van der Waals surface area (Å²) < 4.78 is 0. The summed E-state index contributed by atoms with van der Waals surface area (Å²) in [6.07, 6.45) is 0.884. The highest BCUT2D eigenvalue weighted by Crippen LogP contribution is 2.29. The van der Waals surface area contributed by atoms with Gasteiger partial charge in [-0.3, -0.25) is 14.5 Å². The average molecular weight is 386 g/mol. The lowest BCUT2D eigenvalue weighted by atomic mass is 9.95. The second-order valence-corrected chi connectivity index (χ2v) is 7.39. The molecule has 150 valence electrons. The molecule has 0 aliphatic carbocycles. The molecule has 4 amide bonds. The van der Waals surface area contributed by atoms with Crippen LogP contribution in [0.4, 0.5) is 4.79 Å². The van der Waals surface area contributed by atoms with Crippen LogP contribution in [0.1, 0.15) is 37.8 Å². The Morgan fingerprint density at radius 2 is 1.93 bits per heavy atom. The van der Waals surface area contributed by atoms with E-state index in [1.165, 1.54) is 4.90 Å². The van der Waals surface area contributed by atoms with Crippen molar-refractivity contribution in [1.29, 1.82) is 0 Å². The maximum atomic E-state index is 12.7. The number of urea groups is 1. The molecule has 0 bridgehead atoms. The molecule has 8 heteroatoms. The Kier molecular flexibility index (Phi) is 5.67. The molecule has 28 heavy (non-hydrogen) atoms. The lowest BCUT2D eigenvalue weighted by Gasteiger charge is -2.28. The van der Waals surface area contributed by atoms with Gasteiger partial charge in [0.2, 0.25) is 5.91 Å². The number of imide groups is 1. The zero-order valence-electron chi connectivity index (χ0n) is 16.0. The molecule has 0 aromatic heterocycles. The van der Waals surface area contributed by atoms with Crippen molar-refractivity contribution in [3.63, 3.8) is 0 Å². The topological polar surface area (TPSA) is 110 Å². The Morgan fingerprint density at radius 1 is 1.25 bits per heavy atom. The predicted octanol–water partition coefficient (Wildman–Crippen LogP) is 0.0464. The fraction of sp³-hybridized carbons (Fsp3) is 0.500. The number of benzene rings is 1. The van der Waals surface area contributed by atoms with Gasteiger partial charge in [0.1, 0.15) is 6.04 Å². The van der Waals surface area contributed by atoms with Crippen LogP contribution in [0.2, 0.25) is 0 Å². The van der Waals surface area contributed by atoms with Gasteiger partial charge in [-0.05, 0) is 17.0 Å². The van der Waals surface area contributed by atoms with E-state index in [4.69, 9.17) is 0 Å². The molecular weight excluding hydrogens is 362 g/mol. The van der Waals surface area contributed by atoms with Crippen molar-refractivity contribution in [3.05, 3.63) is 35.4 Å². The van der Waals surface area contributed by atoms with Crippen molar-refractivity contribution >= 4 is 23.8 Å². The highest BCUT2D eigenvalue weighted by atomic mass is 16.4. The van der Waals surface area contributed by atoms with Crippen LogP contribution in [0, 0.1) is 5.92 Å². The average Bonchev–Trinajstić information content (AvgIpc) is 2.91. The van der Waals surface area contributed by atoms with Gasteiger partial charge >= 0.3 is 6.03 Å². The first-order valence-corrected chi connectivity index (χ1v) is 9.52. The summed E-state index contributed by atoms with van der Waals surface area (Å²) >= 11 is 0. The number of rotatable bonds is 7. The number of carbonyl (C=O) groups is 4. The van der Waals surface area contributed by atoms with Crippen molar-refractivity contribution < 1.29 is 24.3 Å². The number of fused-ring (bicyclic) bond motifs is 2. The lowest BCUT2D eigenvalue weighted by Crippen LogP contribution is -2.51. The highest BCUT2D eigenvalue weighted by molar-refractivity contribution is 6.05. The molecule has 0 saturated carbocycles. The van der Waals surface area contributed by atoms with E-state index in [9.17, 15) is 24.3 Å². The Balaban J connectivity index is 1.61. The molecule has 1 aromatic rings. The van der Waals surface area contributed by atoms with Crippen LogP contribution in [0.5, 0.6) is 0 Å². The van der Waals surface area contributed by atoms with Crippen molar-refractivity contribution in [2.45, 2.75) is 51.7 Å². The van der Waals surface area contributed by atoms with E-state index in [2.05, 4.69) is 5.32 Å². The molecule has 1 saturated heterocycles. The minimum atomic E-state index is -1.34. The van der Waals surface area contributed by atoms with E-state index in [0.29, 0.717) is 19.4 Å². The quantitative estimate of drug-likeness (QED) is 0.666. The van der Waals surface area contributed by atoms with E-state index in [1.54, 1.807) is 6.92 Å². The molecule has 3 atom stereocenters. The largest absolute Gasteiger partial charge is 0.548 e. The van der Waals surface area contributed by atoms with Gasteiger partial charge in [0.25, 0.3) is 5.91 Å². The van der Waals surface area contributed by atoms with E-state index < -0.39 is 30.0 Å². The molecule has 1 aromatic carbocycles. The summed E-state index contributed by atoms with van der Waals surface area (Å²) in [5, 5.41) is 13.7. The van der Waals surface area contributed by atoms with Gasteiger partial charge in [0.05, 0.1) is 12.0 Å².